The van der Waals surface area contributed by atoms with Crippen LogP contribution < -0.4 is 10.1 Å². The molecule has 6 heteroatoms. The van der Waals surface area contributed by atoms with E-state index in [0.29, 0.717) is 16.5 Å². The van der Waals surface area contributed by atoms with E-state index >= 15 is 0 Å². The van der Waals surface area contributed by atoms with Crippen LogP contribution in [-0.4, -0.2) is 24.4 Å². The van der Waals surface area contributed by atoms with Gasteiger partial charge in [-0.3, -0.25) is 4.79 Å². The van der Waals surface area contributed by atoms with Crippen molar-refractivity contribution < 1.29 is 13.9 Å². The minimum absolute atomic E-state index is 0.108. The SMILES string of the molecule is COc1ccc2nc(NCC(=O)c3cc4ccccc4o3)sc2c1. The Kier molecular flexibility index (Phi) is 3.66. The Balaban J connectivity index is 1.50. The molecule has 1 N–H and O–H groups in total. The molecule has 0 bridgehead atoms. The molecule has 2 aromatic heterocycles. The van der Waals surface area contributed by atoms with E-state index in [1.54, 1.807) is 13.2 Å². The van der Waals surface area contributed by atoms with Crippen molar-refractivity contribution in [2.75, 3.05) is 19.0 Å². The quantitative estimate of drug-likeness (QED) is 0.548. The Morgan fingerprint density at radius 3 is 2.96 bits per heavy atom. The number of fused-ring (bicyclic) bond motifs is 2. The molecule has 2 aromatic carbocycles. The maximum absolute atomic E-state index is 12.3. The summed E-state index contributed by atoms with van der Waals surface area (Å²) in [6, 6.07) is 15.0. The second kappa shape index (κ2) is 5.98. The van der Waals surface area contributed by atoms with Gasteiger partial charge in [-0.05, 0) is 30.3 Å². The predicted octanol–water partition coefficient (Wildman–Crippen LogP) is 4.35. The molecule has 0 fully saturated rings. The number of aromatic nitrogens is 1. The van der Waals surface area contributed by atoms with Crippen LogP contribution in [0.4, 0.5) is 5.13 Å². The van der Waals surface area contributed by atoms with Crippen molar-refractivity contribution >= 4 is 43.4 Å². The number of Topliss-reactive ketones (excluding diaryl/α,β-unsaturated/α-hetero) is 1. The van der Waals surface area contributed by atoms with Crippen molar-refractivity contribution in [3.8, 4) is 5.75 Å². The Hall–Kier alpha value is -2.86. The van der Waals surface area contributed by atoms with E-state index in [2.05, 4.69) is 10.3 Å². The zero-order valence-corrected chi connectivity index (χ0v) is 13.7. The van der Waals surface area contributed by atoms with Gasteiger partial charge >= 0.3 is 0 Å². The van der Waals surface area contributed by atoms with E-state index < -0.39 is 0 Å². The van der Waals surface area contributed by atoms with Gasteiger partial charge in [0.25, 0.3) is 0 Å². The first-order chi connectivity index (χ1) is 11.7. The number of methoxy groups -OCH3 is 1. The average molecular weight is 338 g/mol. The number of rotatable bonds is 5. The number of hydrogen-bond acceptors (Lipinski definition) is 6. The number of hydrogen-bond donors (Lipinski definition) is 1. The van der Waals surface area contributed by atoms with E-state index in [9.17, 15) is 4.79 Å². The van der Waals surface area contributed by atoms with Crippen molar-refractivity contribution in [3.63, 3.8) is 0 Å². The average Bonchev–Trinajstić information content (AvgIpc) is 3.22. The summed E-state index contributed by atoms with van der Waals surface area (Å²) < 4.78 is 11.8. The lowest BCUT2D eigenvalue weighted by Crippen LogP contribution is -2.12. The molecule has 0 saturated heterocycles. The van der Waals surface area contributed by atoms with Gasteiger partial charge in [-0.15, -0.1) is 0 Å². The molecule has 24 heavy (non-hydrogen) atoms. The molecule has 0 spiro atoms. The van der Waals surface area contributed by atoms with Crippen molar-refractivity contribution in [1.82, 2.24) is 4.98 Å². The highest BCUT2D eigenvalue weighted by Crippen LogP contribution is 2.29. The van der Waals surface area contributed by atoms with Gasteiger partial charge in [0, 0.05) is 5.39 Å². The maximum atomic E-state index is 12.3. The van der Waals surface area contributed by atoms with E-state index in [1.165, 1.54) is 11.3 Å². The first-order valence-electron chi connectivity index (χ1n) is 7.43. The third-order valence-corrected chi connectivity index (χ3v) is 4.67. The van der Waals surface area contributed by atoms with Crippen LogP contribution in [0.15, 0.2) is 52.9 Å². The summed E-state index contributed by atoms with van der Waals surface area (Å²) in [5, 5.41) is 4.69. The molecule has 4 rings (SSSR count). The summed E-state index contributed by atoms with van der Waals surface area (Å²) in [4.78, 5) is 16.8. The van der Waals surface area contributed by atoms with Crippen LogP contribution in [-0.2, 0) is 0 Å². The van der Waals surface area contributed by atoms with Gasteiger partial charge in [-0.1, -0.05) is 29.5 Å². The van der Waals surface area contributed by atoms with Crippen LogP contribution in [0.1, 0.15) is 10.6 Å². The molecule has 0 atom stereocenters. The highest BCUT2D eigenvalue weighted by Gasteiger charge is 2.13. The van der Waals surface area contributed by atoms with Crippen molar-refractivity contribution in [2.45, 2.75) is 0 Å². The van der Waals surface area contributed by atoms with Crippen molar-refractivity contribution in [2.24, 2.45) is 0 Å². The number of nitrogens with zero attached hydrogens (tertiary/aromatic N) is 1. The third kappa shape index (κ3) is 2.72. The van der Waals surface area contributed by atoms with Crippen LogP contribution in [0, 0.1) is 0 Å². The largest absolute Gasteiger partial charge is 0.497 e. The minimum Gasteiger partial charge on any atom is -0.497 e. The summed E-state index contributed by atoms with van der Waals surface area (Å²) in [5.74, 6) is 1.03. The van der Waals surface area contributed by atoms with Gasteiger partial charge in [0.05, 0.1) is 23.9 Å². The Morgan fingerprint density at radius 2 is 2.12 bits per heavy atom. The number of ketones is 1. The highest BCUT2D eigenvalue weighted by atomic mass is 32.1. The number of carbonyl (C=O) groups is 1. The Labute approximate surface area is 141 Å². The fourth-order valence-corrected chi connectivity index (χ4v) is 3.36. The first-order valence-corrected chi connectivity index (χ1v) is 8.25. The summed E-state index contributed by atoms with van der Waals surface area (Å²) in [6.45, 7) is 0.136. The molecule has 0 radical (unpaired) electrons. The fourth-order valence-electron chi connectivity index (χ4n) is 2.47. The van der Waals surface area contributed by atoms with Crippen LogP contribution in [0.3, 0.4) is 0 Å². The number of carbonyl (C=O) groups excluding carboxylic acids is 1. The molecule has 5 nitrogen and oxygen atoms in total. The smallest absolute Gasteiger partial charge is 0.217 e. The minimum atomic E-state index is -0.108. The zero-order valence-electron chi connectivity index (χ0n) is 12.9. The molecular weight excluding hydrogens is 324 g/mol. The van der Waals surface area contributed by atoms with Gasteiger partial charge in [-0.2, -0.15) is 0 Å². The first kappa shape index (κ1) is 14.7. The maximum Gasteiger partial charge on any atom is 0.217 e. The molecule has 2 heterocycles. The van der Waals surface area contributed by atoms with Crippen LogP contribution >= 0.6 is 11.3 Å². The standard InChI is InChI=1S/C18H14N2O3S/c1-22-12-6-7-13-17(9-12)24-18(20-13)19-10-14(21)16-8-11-4-2-3-5-15(11)23-16/h2-9H,10H2,1H3,(H,19,20). The van der Waals surface area contributed by atoms with Crippen molar-refractivity contribution in [1.29, 1.82) is 0 Å². The van der Waals surface area contributed by atoms with Crippen LogP contribution in [0.25, 0.3) is 21.2 Å². The fraction of sp³-hybridized carbons (Fsp3) is 0.111. The number of benzene rings is 2. The highest BCUT2D eigenvalue weighted by molar-refractivity contribution is 7.22. The van der Waals surface area contributed by atoms with Gasteiger partial charge in [0.2, 0.25) is 5.78 Å². The summed E-state index contributed by atoms with van der Waals surface area (Å²) >= 11 is 1.48. The monoisotopic (exact) mass is 338 g/mol. The van der Waals surface area contributed by atoms with Crippen molar-refractivity contribution in [3.05, 3.63) is 54.3 Å². The third-order valence-electron chi connectivity index (χ3n) is 3.70. The Bertz CT molecular complexity index is 1000. The normalized spacial score (nSPS) is 11.0. The summed E-state index contributed by atoms with van der Waals surface area (Å²) in [6.07, 6.45) is 0. The van der Waals surface area contributed by atoms with Crippen LogP contribution in [0.5, 0.6) is 5.75 Å². The number of ether oxygens (including phenoxy) is 1. The molecule has 0 unspecified atom stereocenters. The topological polar surface area (TPSA) is 64.4 Å². The van der Waals surface area contributed by atoms with E-state index in [1.807, 2.05) is 42.5 Å². The number of para-hydroxylation sites is 1. The molecule has 0 amide bonds. The van der Waals surface area contributed by atoms with E-state index in [-0.39, 0.29) is 12.3 Å². The molecule has 0 aliphatic rings. The van der Waals surface area contributed by atoms with E-state index in [4.69, 9.17) is 9.15 Å². The molecule has 0 aliphatic carbocycles. The van der Waals surface area contributed by atoms with Crippen LogP contribution in [0.2, 0.25) is 0 Å². The molecule has 120 valence electrons. The number of nitrogens with one attached hydrogen (secondary N) is 1. The number of thiazole rings is 1. The molecule has 4 aromatic rings. The molecule has 0 saturated carbocycles. The zero-order chi connectivity index (χ0) is 16.5. The lowest BCUT2D eigenvalue weighted by atomic mass is 10.2. The summed E-state index contributed by atoms with van der Waals surface area (Å²) in [5.41, 5.74) is 1.59. The second-order valence-corrected chi connectivity index (χ2v) is 6.31. The number of furan rings is 1. The van der Waals surface area contributed by atoms with Gasteiger partial charge < -0.3 is 14.5 Å². The lowest BCUT2D eigenvalue weighted by Gasteiger charge is -1.98. The second-order valence-electron chi connectivity index (χ2n) is 5.28. The van der Waals surface area contributed by atoms with E-state index in [0.717, 1.165) is 21.4 Å². The predicted molar refractivity (Wildman–Crippen MR) is 95.2 cm³/mol. The molecular formula is C18H14N2O3S. The summed E-state index contributed by atoms with van der Waals surface area (Å²) in [7, 11) is 1.63. The Morgan fingerprint density at radius 1 is 1.25 bits per heavy atom. The lowest BCUT2D eigenvalue weighted by molar-refractivity contribution is 0.0982. The molecule has 0 aliphatic heterocycles. The van der Waals surface area contributed by atoms with Gasteiger partial charge in [-0.25, -0.2) is 4.98 Å². The van der Waals surface area contributed by atoms with Gasteiger partial charge in [0.1, 0.15) is 11.3 Å². The van der Waals surface area contributed by atoms with Gasteiger partial charge in [0.15, 0.2) is 10.9 Å². The number of anilines is 1.